The number of hydrogen-bond acceptors (Lipinski definition) is 5. The van der Waals surface area contributed by atoms with Crippen molar-refractivity contribution in [3.05, 3.63) is 73.0 Å². The molecule has 0 bridgehead atoms. The summed E-state index contributed by atoms with van der Waals surface area (Å²) in [4.78, 5) is 27.4. The van der Waals surface area contributed by atoms with Crippen LogP contribution in [0.2, 0.25) is 0 Å². The molecule has 2 heterocycles. The maximum absolute atomic E-state index is 13.3. The molecular weight excluding hydrogens is 510 g/mol. The average Bonchev–Trinajstić information content (AvgIpc) is 3.17. The highest BCUT2D eigenvalue weighted by Gasteiger charge is 2.34. The number of ether oxygens (including phenoxy) is 1. The van der Waals surface area contributed by atoms with Crippen LogP contribution in [0.15, 0.2) is 60.6 Å². The van der Waals surface area contributed by atoms with Gasteiger partial charge in [0.25, 0.3) is 5.91 Å². The van der Waals surface area contributed by atoms with Crippen LogP contribution in [-0.2, 0) is 0 Å². The maximum atomic E-state index is 13.3. The number of hydrogen-bond donors (Lipinski definition) is 0. The largest absolute Gasteiger partial charge is 0.496 e. The zero-order chi connectivity index (χ0) is 19.8. The summed E-state index contributed by atoms with van der Waals surface area (Å²) in [5, 5.41) is 0.457. The Bertz CT molecular complexity index is 1130. The SMILES string of the molecule is COc1ccc(Br)cc1C1SCCN1C(=O)c1cc2cc(Br)ccc2oc1=O. The van der Waals surface area contributed by atoms with Gasteiger partial charge in [0.1, 0.15) is 22.3 Å². The first-order valence-electron chi connectivity index (χ1n) is 8.47. The van der Waals surface area contributed by atoms with Gasteiger partial charge in [0, 0.05) is 32.2 Å². The number of thioether (sulfide) groups is 1. The zero-order valence-electron chi connectivity index (χ0n) is 14.8. The number of halogens is 2. The fourth-order valence-corrected chi connectivity index (χ4v) is 5.26. The molecule has 1 atom stereocenters. The molecule has 1 unspecified atom stereocenters. The molecule has 1 fully saturated rings. The minimum Gasteiger partial charge on any atom is -0.496 e. The maximum Gasteiger partial charge on any atom is 0.349 e. The second-order valence-corrected chi connectivity index (χ2v) is 9.26. The molecule has 0 aliphatic carbocycles. The molecular formula is C20H15Br2NO4S. The van der Waals surface area contributed by atoms with Gasteiger partial charge in [-0.2, -0.15) is 0 Å². The Kier molecular flexibility index (Phi) is 5.53. The Hall–Kier alpha value is -1.77. The minimum absolute atomic E-state index is 0.0343. The Balaban J connectivity index is 1.75. The first kappa shape index (κ1) is 19.5. The van der Waals surface area contributed by atoms with Crippen LogP contribution < -0.4 is 10.4 Å². The first-order chi connectivity index (χ1) is 13.5. The Labute approximate surface area is 182 Å². The number of amides is 1. The van der Waals surface area contributed by atoms with Crippen LogP contribution in [-0.4, -0.2) is 30.2 Å². The molecule has 1 aliphatic heterocycles. The van der Waals surface area contributed by atoms with Gasteiger partial charge in [-0.25, -0.2) is 4.79 Å². The lowest BCUT2D eigenvalue weighted by Crippen LogP contribution is -2.33. The molecule has 1 saturated heterocycles. The van der Waals surface area contributed by atoms with E-state index in [4.69, 9.17) is 9.15 Å². The zero-order valence-corrected chi connectivity index (χ0v) is 18.8. The number of rotatable bonds is 3. The quantitative estimate of drug-likeness (QED) is 0.440. The van der Waals surface area contributed by atoms with Gasteiger partial charge < -0.3 is 14.1 Å². The lowest BCUT2D eigenvalue weighted by atomic mass is 10.1. The number of carbonyl (C=O) groups is 1. The number of benzene rings is 2. The molecule has 28 heavy (non-hydrogen) atoms. The smallest absolute Gasteiger partial charge is 0.349 e. The van der Waals surface area contributed by atoms with Gasteiger partial charge in [-0.1, -0.05) is 31.9 Å². The predicted octanol–water partition coefficient (Wildman–Crippen LogP) is 5.21. The van der Waals surface area contributed by atoms with Gasteiger partial charge in [-0.15, -0.1) is 11.8 Å². The summed E-state index contributed by atoms with van der Waals surface area (Å²) in [7, 11) is 1.61. The molecule has 144 valence electrons. The van der Waals surface area contributed by atoms with Crippen LogP contribution in [0.3, 0.4) is 0 Å². The molecule has 8 heteroatoms. The molecule has 0 N–H and O–H groups in total. The summed E-state index contributed by atoms with van der Waals surface area (Å²) in [6.07, 6.45) is 0. The van der Waals surface area contributed by atoms with Gasteiger partial charge in [-0.3, -0.25) is 4.79 Å². The molecule has 0 spiro atoms. The summed E-state index contributed by atoms with van der Waals surface area (Å²) in [5.41, 5.74) is 0.746. The van der Waals surface area contributed by atoms with Crippen LogP contribution >= 0.6 is 43.6 Å². The van der Waals surface area contributed by atoms with Crippen LogP contribution in [0.5, 0.6) is 5.75 Å². The fourth-order valence-electron chi connectivity index (χ4n) is 3.23. The third-order valence-electron chi connectivity index (χ3n) is 4.53. The summed E-state index contributed by atoms with van der Waals surface area (Å²) < 4.78 is 12.6. The third-order valence-corrected chi connectivity index (χ3v) is 6.76. The van der Waals surface area contributed by atoms with Crippen molar-refractivity contribution in [2.75, 3.05) is 19.4 Å². The third kappa shape index (κ3) is 3.60. The molecule has 4 rings (SSSR count). The molecule has 3 aromatic rings. The lowest BCUT2D eigenvalue weighted by molar-refractivity contribution is 0.0755. The first-order valence-corrected chi connectivity index (χ1v) is 11.1. The number of fused-ring (bicyclic) bond motifs is 1. The van der Waals surface area contributed by atoms with E-state index in [1.54, 1.807) is 42.0 Å². The van der Waals surface area contributed by atoms with Gasteiger partial charge in [0.05, 0.1) is 7.11 Å². The Morgan fingerprint density at radius 1 is 1.18 bits per heavy atom. The second kappa shape index (κ2) is 7.93. The van der Waals surface area contributed by atoms with Crippen LogP contribution in [0.1, 0.15) is 21.3 Å². The van der Waals surface area contributed by atoms with E-state index in [1.165, 1.54) is 0 Å². The van der Waals surface area contributed by atoms with Crippen molar-refractivity contribution in [2.45, 2.75) is 5.37 Å². The number of methoxy groups -OCH3 is 1. The van der Waals surface area contributed by atoms with E-state index in [9.17, 15) is 9.59 Å². The van der Waals surface area contributed by atoms with Crippen molar-refractivity contribution < 1.29 is 13.9 Å². The average molecular weight is 525 g/mol. The topological polar surface area (TPSA) is 59.8 Å². The fraction of sp³-hybridized carbons (Fsp3) is 0.200. The highest BCUT2D eigenvalue weighted by molar-refractivity contribution is 9.10. The van der Waals surface area contributed by atoms with E-state index in [-0.39, 0.29) is 16.8 Å². The van der Waals surface area contributed by atoms with Gasteiger partial charge in [0.15, 0.2) is 0 Å². The standard InChI is InChI=1S/C20H15Br2NO4S/c1-26-17-5-3-13(22)10-14(17)19-23(6-7-28-19)18(24)15-9-11-8-12(21)2-4-16(11)27-20(15)25/h2-5,8-10,19H,6-7H2,1H3. The van der Waals surface area contributed by atoms with Crippen molar-refractivity contribution in [1.29, 1.82) is 0 Å². The van der Waals surface area contributed by atoms with E-state index in [1.807, 2.05) is 24.3 Å². The summed E-state index contributed by atoms with van der Waals surface area (Å²) in [6.45, 7) is 0.541. The van der Waals surface area contributed by atoms with E-state index < -0.39 is 5.63 Å². The minimum atomic E-state index is -0.628. The van der Waals surface area contributed by atoms with Crippen LogP contribution in [0.25, 0.3) is 11.0 Å². The van der Waals surface area contributed by atoms with Crippen molar-refractivity contribution in [2.24, 2.45) is 0 Å². The Morgan fingerprint density at radius 2 is 1.93 bits per heavy atom. The normalized spacial score (nSPS) is 16.5. The van der Waals surface area contributed by atoms with E-state index in [2.05, 4.69) is 31.9 Å². The monoisotopic (exact) mass is 523 g/mol. The van der Waals surface area contributed by atoms with Gasteiger partial charge in [-0.05, 0) is 42.5 Å². The molecule has 1 aliphatic rings. The molecule has 0 radical (unpaired) electrons. The van der Waals surface area contributed by atoms with E-state index in [0.717, 1.165) is 20.3 Å². The van der Waals surface area contributed by atoms with E-state index >= 15 is 0 Å². The van der Waals surface area contributed by atoms with Crippen molar-refractivity contribution >= 4 is 60.5 Å². The predicted molar refractivity (Wildman–Crippen MR) is 117 cm³/mol. The molecule has 1 aromatic heterocycles. The number of carbonyl (C=O) groups excluding carboxylic acids is 1. The second-order valence-electron chi connectivity index (χ2n) is 6.24. The molecule has 0 saturated carbocycles. The van der Waals surface area contributed by atoms with Gasteiger partial charge in [0.2, 0.25) is 0 Å². The molecule has 1 amide bonds. The summed E-state index contributed by atoms with van der Waals surface area (Å²) >= 11 is 8.53. The van der Waals surface area contributed by atoms with Crippen LogP contribution in [0, 0.1) is 0 Å². The van der Waals surface area contributed by atoms with Crippen LogP contribution in [0.4, 0.5) is 0 Å². The summed E-state index contributed by atoms with van der Waals surface area (Å²) in [6, 6.07) is 12.6. The van der Waals surface area contributed by atoms with Crippen molar-refractivity contribution in [1.82, 2.24) is 4.90 Å². The highest BCUT2D eigenvalue weighted by Crippen LogP contribution is 2.43. The van der Waals surface area contributed by atoms with Crippen molar-refractivity contribution in [3.8, 4) is 5.75 Å². The van der Waals surface area contributed by atoms with Gasteiger partial charge >= 0.3 is 5.63 Å². The summed E-state index contributed by atoms with van der Waals surface area (Å²) in [5.74, 6) is 1.14. The van der Waals surface area contributed by atoms with Crippen molar-refractivity contribution in [3.63, 3.8) is 0 Å². The highest BCUT2D eigenvalue weighted by atomic mass is 79.9. The lowest BCUT2D eigenvalue weighted by Gasteiger charge is -2.25. The molecule has 2 aromatic carbocycles. The molecule has 5 nitrogen and oxygen atoms in total. The number of nitrogens with zero attached hydrogens (tertiary/aromatic N) is 1. The van der Waals surface area contributed by atoms with E-state index in [0.29, 0.717) is 23.3 Å². The Morgan fingerprint density at radius 3 is 2.71 bits per heavy atom.